The minimum atomic E-state index is -0.445. The third kappa shape index (κ3) is 2.93. The molecular formula is C16H20F2N2O. The van der Waals surface area contributed by atoms with Crippen LogP contribution in [0.5, 0.6) is 0 Å². The Morgan fingerprint density at radius 2 is 2.24 bits per heavy atom. The molecule has 0 aromatic heterocycles. The van der Waals surface area contributed by atoms with Gasteiger partial charge in [0.15, 0.2) is 0 Å². The molecule has 3 atom stereocenters. The van der Waals surface area contributed by atoms with E-state index in [0.717, 1.165) is 38.2 Å². The number of carbonyl (C=O) groups is 1. The molecule has 1 N–H and O–H groups in total. The van der Waals surface area contributed by atoms with Gasteiger partial charge in [0.1, 0.15) is 11.6 Å². The summed E-state index contributed by atoms with van der Waals surface area (Å²) in [5.74, 6) is -0.582. The molecule has 1 heterocycles. The van der Waals surface area contributed by atoms with E-state index in [1.165, 1.54) is 6.07 Å². The number of likely N-dealkylation sites (tertiary alicyclic amines) is 1. The summed E-state index contributed by atoms with van der Waals surface area (Å²) in [7, 11) is 1.91. The molecule has 1 saturated carbocycles. The van der Waals surface area contributed by atoms with E-state index >= 15 is 0 Å². The highest BCUT2D eigenvalue weighted by molar-refractivity contribution is 5.83. The fraction of sp³-hybridized carbons (Fsp3) is 0.562. The normalized spacial score (nSPS) is 28.0. The van der Waals surface area contributed by atoms with Crippen molar-refractivity contribution < 1.29 is 13.6 Å². The monoisotopic (exact) mass is 294 g/mol. The van der Waals surface area contributed by atoms with E-state index in [-0.39, 0.29) is 17.7 Å². The minimum absolute atomic E-state index is 0.0993. The Balaban J connectivity index is 1.63. The Kier molecular flexibility index (Phi) is 3.93. The molecule has 1 aliphatic carbocycles. The van der Waals surface area contributed by atoms with Crippen molar-refractivity contribution in [1.82, 2.24) is 10.2 Å². The predicted molar refractivity (Wildman–Crippen MR) is 75.8 cm³/mol. The molecule has 3 unspecified atom stereocenters. The molecule has 1 saturated heterocycles. The Morgan fingerprint density at radius 3 is 3.00 bits per heavy atom. The molecule has 0 bridgehead atoms. The standard InChI is InChI=1S/C16H20F2N2O/c1-19-8-10-4-5-20(9-10)16(21)14-7-12(14)13-6-11(17)2-3-15(13)18/h2-3,6,10,12,14,19H,4-5,7-9H2,1H3. The number of halogens is 2. The van der Waals surface area contributed by atoms with Gasteiger partial charge in [0.2, 0.25) is 5.91 Å². The van der Waals surface area contributed by atoms with Gasteiger partial charge in [-0.1, -0.05) is 0 Å². The van der Waals surface area contributed by atoms with Crippen molar-refractivity contribution in [3.8, 4) is 0 Å². The molecule has 1 aliphatic heterocycles. The van der Waals surface area contributed by atoms with E-state index in [1.807, 2.05) is 11.9 Å². The largest absolute Gasteiger partial charge is 0.342 e. The maximum Gasteiger partial charge on any atom is 0.226 e. The van der Waals surface area contributed by atoms with Crippen molar-refractivity contribution in [3.05, 3.63) is 35.4 Å². The molecule has 114 valence electrons. The van der Waals surface area contributed by atoms with Crippen LogP contribution in [0.25, 0.3) is 0 Å². The van der Waals surface area contributed by atoms with Crippen molar-refractivity contribution in [3.63, 3.8) is 0 Å². The third-order valence-corrected chi connectivity index (χ3v) is 4.56. The van der Waals surface area contributed by atoms with Gasteiger partial charge in [-0.15, -0.1) is 0 Å². The van der Waals surface area contributed by atoms with Gasteiger partial charge in [-0.3, -0.25) is 4.79 Å². The predicted octanol–water partition coefficient (Wildman–Crippen LogP) is 2.14. The van der Waals surface area contributed by atoms with Gasteiger partial charge in [-0.05, 0) is 62.0 Å². The third-order valence-electron chi connectivity index (χ3n) is 4.56. The van der Waals surface area contributed by atoms with Crippen molar-refractivity contribution in [2.75, 3.05) is 26.7 Å². The van der Waals surface area contributed by atoms with Crippen LogP contribution in [0.2, 0.25) is 0 Å². The smallest absolute Gasteiger partial charge is 0.226 e. The Bertz CT molecular complexity index is 549. The first-order valence-corrected chi connectivity index (χ1v) is 7.48. The number of hydrogen-bond acceptors (Lipinski definition) is 2. The molecule has 21 heavy (non-hydrogen) atoms. The fourth-order valence-electron chi connectivity index (χ4n) is 3.33. The minimum Gasteiger partial charge on any atom is -0.342 e. The second kappa shape index (κ2) is 5.72. The molecule has 3 rings (SSSR count). The first-order valence-electron chi connectivity index (χ1n) is 7.48. The lowest BCUT2D eigenvalue weighted by atomic mass is 10.1. The average molecular weight is 294 g/mol. The maximum absolute atomic E-state index is 13.7. The molecule has 3 nitrogen and oxygen atoms in total. The summed E-state index contributed by atoms with van der Waals surface area (Å²) in [4.78, 5) is 14.3. The molecule has 2 aliphatic rings. The lowest BCUT2D eigenvalue weighted by molar-refractivity contribution is -0.131. The zero-order valence-electron chi connectivity index (χ0n) is 12.1. The average Bonchev–Trinajstić information content (AvgIpc) is 3.12. The summed E-state index contributed by atoms with van der Waals surface area (Å²) in [5.41, 5.74) is 0.347. The van der Waals surface area contributed by atoms with Gasteiger partial charge in [0.25, 0.3) is 0 Å². The Hall–Kier alpha value is -1.49. The molecule has 2 fully saturated rings. The number of nitrogens with zero attached hydrogens (tertiary/aromatic N) is 1. The van der Waals surface area contributed by atoms with Crippen LogP contribution >= 0.6 is 0 Å². The topological polar surface area (TPSA) is 32.3 Å². The van der Waals surface area contributed by atoms with Crippen LogP contribution in [0.3, 0.4) is 0 Å². The van der Waals surface area contributed by atoms with Crippen LogP contribution in [0.15, 0.2) is 18.2 Å². The molecule has 5 heteroatoms. The summed E-state index contributed by atoms with van der Waals surface area (Å²) < 4.78 is 27.0. The van der Waals surface area contributed by atoms with E-state index in [4.69, 9.17) is 0 Å². The highest BCUT2D eigenvalue weighted by atomic mass is 19.1. The number of hydrogen-bond donors (Lipinski definition) is 1. The van der Waals surface area contributed by atoms with E-state index in [9.17, 15) is 13.6 Å². The van der Waals surface area contributed by atoms with Crippen LogP contribution in [0, 0.1) is 23.5 Å². The van der Waals surface area contributed by atoms with E-state index in [2.05, 4.69) is 5.32 Å². The SMILES string of the molecule is CNCC1CCN(C(=O)C2CC2c2cc(F)ccc2F)C1. The highest BCUT2D eigenvalue weighted by Gasteiger charge is 2.47. The first kappa shape index (κ1) is 14.4. The summed E-state index contributed by atoms with van der Waals surface area (Å²) in [5, 5.41) is 3.13. The molecular weight excluding hydrogens is 274 g/mol. The molecule has 0 radical (unpaired) electrons. The number of carbonyl (C=O) groups excluding carboxylic acids is 1. The van der Waals surface area contributed by atoms with Gasteiger partial charge in [-0.25, -0.2) is 8.78 Å². The summed E-state index contributed by atoms with van der Waals surface area (Å²) >= 11 is 0. The van der Waals surface area contributed by atoms with Crippen molar-refractivity contribution in [2.24, 2.45) is 11.8 Å². The highest BCUT2D eigenvalue weighted by Crippen LogP contribution is 2.49. The molecule has 1 aromatic carbocycles. The van der Waals surface area contributed by atoms with Gasteiger partial charge in [0, 0.05) is 19.0 Å². The first-order chi connectivity index (χ1) is 10.1. The van der Waals surface area contributed by atoms with Crippen molar-refractivity contribution in [1.29, 1.82) is 0 Å². The zero-order valence-corrected chi connectivity index (χ0v) is 12.1. The van der Waals surface area contributed by atoms with Crippen LogP contribution in [-0.4, -0.2) is 37.5 Å². The summed E-state index contributed by atoms with van der Waals surface area (Å²) in [6.45, 7) is 2.46. The lowest BCUT2D eigenvalue weighted by Gasteiger charge is -2.16. The molecule has 0 spiro atoms. The second-order valence-corrected chi connectivity index (χ2v) is 6.11. The van der Waals surface area contributed by atoms with Crippen LogP contribution in [0.1, 0.15) is 24.3 Å². The van der Waals surface area contributed by atoms with E-state index in [0.29, 0.717) is 17.9 Å². The van der Waals surface area contributed by atoms with Gasteiger partial charge in [-0.2, -0.15) is 0 Å². The van der Waals surface area contributed by atoms with E-state index in [1.54, 1.807) is 0 Å². The maximum atomic E-state index is 13.7. The number of amides is 1. The molecule has 1 amide bonds. The fourth-order valence-corrected chi connectivity index (χ4v) is 3.33. The van der Waals surface area contributed by atoms with Crippen LogP contribution < -0.4 is 5.32 Å². The summed E-state index contributed by atoms with van der Waals surface area (Å²) in [6.07, 6.45) is 1.64. The number of nitrogens with one attached hydrogen (secondary N) is 1. The van der Waals surface area contributed by atoms with Crippen molar-refractivity contribution in [2.45, 2.75) is 18.8 Å². The van der Waals surface area contributed by atoms with Gasteiger partial charge in [0.05, 0.1) is 0 Å². The van der Waals surface area contributed by atoms with Crippen molar-refractivity contribution >= 4 is 5.91 Å². The Morgan fingerprint density at radius 1 is 1.43 bits per heavy atom. The quantitative estimate of drug-likeness (QED) is 0.922. The number of benzene rings is 1. The van der Waals surface area contributed by atoms with Crippen LogP contribution in [0.4, 0.5) is 8.78 Å². The molecule has 1 aromatic rings. The Labute approximate surface area is 123 Å². The van der Waals surface area contributed by atoms with Gasteiger partial charge < -0.3 is 10.2 Å². The summed E-state index contributed by atoms with van der Waals surface area (Å²) in [6, 6.07) is 3.48. The zero-order chi connectivity index (χ0) is 15.0. The number of rotatable bonds is 4. The van der Waals surface area contributed by atoms with Gasteiger partial charge >= 0.3 is 0 Å². The second-order valence-electron chi connectivity index (χ2n) is 6.11. The lowest BCUT2D eigenvalue weighted by Crippen LogP contribution is -2.31. The van der Waals surface area contributed by atoms with Crippen LogP contribution in [-0.2, 0) is 4.79 Å². The van der Waals surface area contributed by atoms with E-state index < -0.39 is 11.6 Å².